The highest BCUT2D eigenvalue weighted by molar-refractivity contribution is 6.31. The molecule has 0 saturated carbocycles. The molecule has 9 nitrogen and oxygen atoms in total. The molecule has 2 aromatic carbocycles. The van der Waals surface area contributed by atoms with Crippen LogP contribution in [0.25, 0.3) is 0 Å². The minimum atomic E-state index is -0.749. The van der Waals surface area contributed by atoms with Crippen LogP contribution in [0.3, 0.4) is 0 Å². The van der Waals surface area contributed by atoms with E-state index in [-0.39, 0.29) is 31.2 Å². The molecule has 2 atom stereocenters. The van der Waals surface area contributed by atoms with E-state index in [1.54, 1.807) is 43.3 Å². The zero-order valence-electron chi connectivity index (χ0n) is 18.2. The van der Waals surface area contributed by atoms with Crippen LogP contribution in [-0.4, -0.2) is 40.9 Å². The lowest BCUT2D eigenvalue weighted by Crippen LogP contribution is -2.60. The summed E-state index contributed by atoms with van der Waals surface area (Å²) in [5.74, 6) is -1.15. The summed E-state index contributed by atoms with van der Waals surface area (Å²) in [6.45, 7) is 3.75. The molecule has 2 aromatic rings. The van der Waals surface area contributed by atoms with Gasteiger partial charge in [-0.15, -0.1) is 0 Å². The third kappa shape index (κ3) is 4.63. The first-order chi connectivity index (χ1) is 15.7. The van der Waals surface area contributed by atoms with Gasteiger partial charge in [0.25, 0.3) is 5.91 Å². The van der Waals surface area contributed by atoms with Gasteiger partial charge in [0.1, 0.15) is 6.04 Å². The minimum absolute atomic E-state index is 0.0968. The maximum Gasteiger partial charge on any atom is 0.319 e. The average molecular weight is 470 g/mol. The van der Waals surface area contributed by atoms with Crippen LogP contribution in [0.4, 0.5) is 16.2 Å². The van der Waals surface area contributed by atoms with E-state index in [9.17, 15) is 19.2 Å². The van der Waals surface area contributed by atoms with Crippen molar-refractivity contribution in [3.8, 4) is 0 Å². The van der Waals surface area contributed by atoms with E-state index in [1.807, 2.05) is 6.92 Å². The number of anilines is 2. The molecule has 10 heteroatoms. The number of urea groups is 1. The Hall–Kier alpha value is -3.59. The number of benzene rings is 2. The van der Waals surface area contributed by atoms with Crippen molar-refractivity contribution in [1.82, 2.24) is 15.5 Å². The molecule has 1 fully saturated rings. The van der Waals surface area contributed by atoms with Gasteiger partial charge in [-0.3, -0.25) is 19.7 Å². The summed E-state index contributed by atoms with van der Waals surface area (Å²) in [6.07, 6.45) is -0.00183. The van der Waals surface area contributed by atoms with Gasteiger partial charge in [-0.25, -0.2) is 4.79 Å². The van der Waals surface area contributed by atoms with E-state index >= 15 is 0 Å². The quantitative estimate of drug-likeness (QED) is 0.513. The van der Waals surface area contributed by atoms with Gasteiger partial charge >= 0.3 is 6.03 Å². The standard InChI is InChI=1S/C23H24ClN5O4/c1-12-6-7-15(10-16(12)24)27-23(33)25-11-14-4-3-5-17-20(14)22(32)29(13(2)26-17)18-8-9-19(30)28-21(18)31/h3-7,10,13,18,26H,8-9,11H2,1-2H3,(H2,25,27,33)(H,28,30,31). The predicted molar refractivity (Wildman–Crippen MR) is 124 cm³/mol. The van der Waals surface area contributed by atoms with Crippen molar-refractivity contribution in [2.24, 2.45) is 0 Å². The zero-order chi connectivity index (χ0) is 23.7. The molecule has 33 heavy (non-hydrogen) atoms. The average Bonchev–Trinajstić information content (AvgIpc) is 2.76. The number of piperidine rings is 1. The number of carbonyl (C=O) groups is 4. The summed E-state index contributed by atoms with van der Waals surface area (Å²) < 4.78 is 0. The number of imide groups is 1. The van der Waals surface area contributed by atoms with Crippen LogP contribution in [0.1, 0.15) is 41.3 Å². The van der Waals surface area contributed by atoms with Crippen molar-refractivity contribution in [1.29, 1.82) is 0 Å². The number of amides is 5. The Balaban J connectivity index is 1.50. The van der Waals surface area contributed by atoms with E-state index in [4.69, 9.17) is 11.6 Å². The van der Waals surface area contributed by atoms with Gasteiger partial charge in [0.2, 0.25) is 11.8 Å². The topological polar surface area (TPSA) is 120 Å². The number of nitrogens with zero attached hydrogens (tertiary/aromatic N) is 1. The Kier molecular flexibility index (Phi) is 6.24. The number of halogens is 1. The van der Waals surface area contributed by atoms with Gasteiger partial charge < -0.3 is 20.9 Å². The molecule has 0 bridgehead atoms. The zero-order valence-corrected chi connectivity index (χ0v) is 19.0. The number of hydrogen-bond donors (Lipinski definition) is 4. The predicted octanol–water partition coefficient (Wildman–Crippen LogP) is 2.99. The molecule has 2 heterocycles. The van der Waals surface area contributed by atoms with Crippen LogP contribution < -0.4 is 21.3 Å². The minimum Gasteiger partial charge on any atom is -0.365 e. The van der Waals surface area contributed by atoms with Crippen LogP contribution in [-0.2, 0) is 16.1 Å². The van der Waals surface area contributed by atoms with Crippen LogP contribution in [0.5, 0.6) is 0 Å². The van der Waals surface area contributed by atoms with Crippen LogP contribution in [0.15, 0.2) is 36.4 Å². The van der Waals surface area contributed by atoms with E-state index in [0.29, 0.717) is 27.5 Å². The first kappa shape index (κ1) is 22.6. The smallest absolute Gasteiger partial charge is 0.319 e. The highest BCUT2D eigenvalue weighted by Gasteiger charge is 2.41. The fraction of sp³-hybridized carbons (Fsp3) is 0.304. The van der Waals surface area contributed by atoms with E-state index in [0.717, 1.165) is 5.56 Å². The molecule has 4 rings (SSSR count). The van der Waals surface area contributed by atoms with E-state index in [2.05, 4.69) is 21.3 Å². The number of hydrogen-bond acceptors (Lipinski definition) is 5. The highest BCUT2D eigenvalue weighted by Crippen LogP contribution is 2.31. The molecule has 0 aromatic heterocycles. The normalized spacial score (nSPS) is 20.0. The van der Waals surface area contributed by atoms with Crippen LogP contribution in [0.2, 0.25) is 5.02 Å². The monoisotopic (exact) mass is 469 g/mol. The highest BCUT2D eigenvalue weighted by atomic mass is 35.5. The molecule has 2 unspecified atom stereocenters. The van der Waals surface area contributed by atoms with Crippen molar-refractivity contribution in [2.45, 2.75) is 45.4 Å². The van der Waals surface area contributed by atoms with Crippen LogP contribution in [0, 0.1) is 6.92 Å². The lowest BCUT2D eigenvalue weighted by molar-refractivity contribution is -0.137. The molecule has 2 aliphatic heterocycles. The summed E-state index contributed by atoms with van der Waals surface area (Å²) in [4.78, 5) is 51.3. The summed E-state index contributed by atoms with van der Waals surface area (Å²) >= 11 is 6.11. The summed E-state index contributed by atoms with van der Waals surface area (Å²) in [7, 11) is 0. The number of nitrogens with one attached hydrogen (secondary N) is 4. The van der Waals surface area contributed by atoms with Crippen LogP contribution >= 0.6 is 11.6 Å². The SMILES string of the molecule is Cc1ccc(NC(=O)NCc2cccc3c2C(=O)N(C2CCC(=O)NC2=O)C(C)N3)cc1Cl. The molecule has 4 N–H and O–H groups in total. The maximum absolute atomic E-state index is 13.5. The first-order valence-corrected chi connectivity index (χ1v) is 11.0. The van der Waals surface area contributed by atoms with E-state index < -0.39 is 24.1 Å². The lowest BCUT2D eigenvalue weighted by Gasteiger charge is -2.41. The van der Waals surface area contributed by atoms with Crippen molar-refractivity contribution in [3.05, 3.63) is 58.1 Å². The van der Waals surface area contributed by atoms with Crippen molar-refractivity contribution in [2.75, 3.05) is 10.6 Å². The van der Waals surface area contributed by atoms with E-state index in [1.165, 1.54) is 4.90 Å². The Morgan fingerprint density at radius 3 is 2.73 bits per heavy atom. The van der Waals surface area contributed by atoms with Gasteiger partial charge in [-0.05, 0) is 49.6 Å². The van der Waals surface area contributed by atoms with Crippen molar-refractivity contribution < 1.29 is 19.2 Å². The summed E-state index contributed by atoms with van der Waals surface area (Å²) in [5, 5.41) is 11.6. The Bertz CT molecular complexity index is 1150. The molecular formula is C23H24ClN5O4. The van der Waals surface area contributed by atoms with Gasteiger partial charge in [-0.1, -0.05) is 29.8 Å². The molecule has 2 aliphatic rings. The third-order valence-electron chi connectivity index (χ3n) is 5.80. The lowest BCUT2D eigenvalue weighted by atomic mass is 9.97. The molecular weight excluding hydrogens is 446 g/mol. The first-order valence-electron chi connectivity index (χ1n) is 10.6. The van der Waals surface area contributed by atoms with Crippen molar-refractivity contribution in [3.63, 3.8) is 0 Å². The number of fused-ring (bicyclic) bond motifs is 1. The van der Waals surface area contributed by atoms with Crippen molar-refractivity contribution >= 4 is 46.7 Å². The molecule has 0 spiro atoms. The Morgan fingerprint density at radius 1 is 1.21 bits per heavy atom. The molecule has 0 radical (unpaired) electrons. The Labute approximate surface area is 195 Å². The maximum atomic E-state index is 13.5. The van der Waals surface area contributed by atoms with Gasteiger partial charge in [0.15, 0.2) is 0 Å². The second kappa shape index (κ2) is 9.11. The number of carbonyl (C=O) groups excluding carboxylic acids is 4. The van der Waals surface area contributed by atoms with Gasteiger partial charge in [0, 0.05) is 29.4 Å². The largest absolute Gasteiger partial charge is 0.365 e. The summed E-state index contributed by atoms with van der Waals surface area (Å²) in [6, 6.07) is 9.35. The van der Waals surface area contributed by atoms with Gasteiger partial charge in [-0.2, -0.15) is 0 Å². The second-order valence-electron chi connectivity index (χ2n) is 8.11. The van der Waals surface area contributed by atoms with Gasteiger partial charge in [0.05, 0.1) is 11.7 Å². The number of aryl methyl sites for hydroxylation is 1. The number of rotatable bonds is 4. The molecule has 5 amide bonds. The fourth-order valence-corrected chi connectivity index (χ4v) is 4.28. The molecule has 1 saturated heterocycles. The third-order valence-corrected chi connectivity index (χ3v) is 6.20. The summed E-state index contributed by atoms with van der Waals surface area (Å²) in [5.41, 5.74) is 3.07. The molecule has 0 aliphatic carbocycles. The Morgan fingerprint density at radius 2 is 2.00 bits per heavy atom. The fourth-order valence-electron chi connectivity index (χ4n) is 4.10. The molecule has 172 valence electrons. The second-order valence-corrected chi connectivity index (χ2v) is 8.52.